The molecule has 3 saturated carbocycles. The average Bonchev–Trinajstić information content (AvgIpc) is 2.61. The van der Waals surface area contributed by atoms with Crippen molar-refractivity contribution in [3.8, 4) is 0 Å². The van der Waals surface area contributed by atoms with Crippen molar-refractivity contribution in [1.82, 2.24) is 0 Å². The Bertz CT molecular complexity index is 333. The van der Waals surface area contributed by atoms with E-state index in [1.807, 2.05) is 11.8 Å². The van der Waals surface area contributed by atoms with E-state index < -0.39 is 0 Å². The molecular weight excluding hydrogens is 276 g/mol. The molecule has 3 rings (SSSR count). The van der Waals surface area contributed by atoms with Crippen LogP contribution in [0.4, 0.5) is 0 Å². The molecule has 0 bridgehead atoms. The van der Waals surface area contributed by atoms with Gasteiger partial charge in [0.1, 0.15) is 0 Å². The highest BCUT2D eigenvalue weighted by atomic mass is 14.4. The zero-order chi connectivity index (χ0) is 16.1. The van der Waals surface area contributed by atoms with Crippen molar-refractivity contribution >= 4 is 0 Å². The molecule has 0 aliphatic heterocycles. The predicted molar refractivity (Wildman–Crippen MR) is 101 cm³/mol. The third-order valence-corrected chi connectivity index (χ3v) is 7.32. The Labute approximate surface area is 145 Å². The molecule has 0 heterocycles. The van der Waals surface area contributed by atoms with E-state index in [2.05, 4.69) is 19.6 Å². The second kappa shape index (κ2) is 8.72. The first-order valence-electron chi connectivity index (χ1n) is 10.6. The van der Waals surface area contributed by atoms with E-state index in [4.69, 9.17) is 0 Å². The van der Waals surface area contributed by atoms with Crippen molar-refractivity contribution in [1.29, 1.82) is 0 Å². The van der Waals surface area contributed by atoms with Crippen LogP contribution in [0.15, 0.2) is 12.7 Å². The largest absolute Gasteiger partial charge is 0.103 e. The van der Waals surface area contributed by atoms with Crippen LogP contribution in [-0.4, -0.2) is 0 Å². The normalized spacial score (nSPS) is 32.9. The van der Waals surface area contributed by atoms with Crippen LogP contribution in [0.3, 0.4) is 0 Å². The summed E-state index contributed by atoms with van der Waals surface area (Å²) < 4.78 is 0. The van der Waals surface area contributed by atoms with Gasteiger partial charge in [0.2, 0.25) is 0 Å². The van der Waals surface area contributed by atoms with Crippen LogP contribution in [0, 0.1) is 35.5 Å². The zero-order valence-corrected chi connectivity index (χ0v) is 15.5. The molecule has 3 aliphatic rings. The summed E-state index contributed by atoms with van der Waals surface area (Å²) in [5, 5.41) is 0. The smallest absolute Gasteiger partial charge is 0.0210 e. The van der Waals surface area contributed by atoms with Crippen LogP contribution in [-0.2, 0) is 0 Å². The molecule has 0 saturated heterocycles. The van der Waals surface area contributed by atoms with Crippen molar-refractivity contribution in [2.45, 2.75) is 96.8 Å². The summed E-state index contributed by atoms with van der Waals surface area (Å²) >= 11 is 0. The molecule has 0 unspecified atom stereocenters. The number of hydrogen-bond acceptors (Lipinski definition) is 0. The Kier molecular flexibility index (Phi) is 6.66. The summed E-state index contributed by atoms with van der Waals surface area (Å²) in [6.45, 7) is 6.32. The van der Waals surface area contributed by atoms with Crippen molar-refractivity contribution in [3.63, 3.8) is 0 Å². The van der Waals surface area contributed by atoms with E-state index >= 15 is 0 Å². The van der Waals surface area contributed by atoms with E-state index in [0.29, 0.717) is 0 Å². The molecule has 0 amide bonds. The van der Waals surface area contributed by atoms with Gasteiger partial charge in [0.05, 0.1) is 0 Å². The topological polar surface area (TPSA) is 0 Å². The molecule has 0 aromatic rings. The molecule has 0 spiro atoms. The lowest BCUT2D eigenvalue weighted by Crippen LogP contribution is -2.27. The maximum absolute atomic E-state index is 3.88. The maximum Gasteiger partial charge on any atom is -0.0210 e. The van der Waals surface area contributed by atoms with Crippen molar-refractivity contribution in [2.75, 3.05) is 0 Å². The fourth-order valence-electron chi connectivity index (χ4n) is 5.57. The van der Waals surface area contributed by atoms with Gasteiger partial charge in [0, 0.05) is 0 Å². The van der Waals surface area contributed by atoms with Gasteiger partial charge >= 0.3 is 0 Å². The van der Waals surface area contributed by atoms with Gasteiger partial charge in [-0.15, -0.1) is 6.58 Å². The van der Waals surface area contributed by atoms with E-state index in [1.165, 1.54) is 89.9 Å². The second-order valence-electron chi connectivity index (χ2n) is 8.86. The van der Waals surface area contributed by atoms with E-state index in [-0.39, 0.29) is 0 Å². The Morgan fingerprint density at radius 1 is 0.783 bits per heavy atom. The van der Waals surface area contributed by atoms with Crippen LogP contribution in [0.5, 0.6) is 0 Å². The molecule has 23 heavy (non-hydrogen) atoms. The van der Waals surface area contributed by atoms with Gasteiger partial charge in [-0.3, -0.25) is 0 Å². The highest BCUT2D eigenvalue weighted by Gasteiger charge is 2.34. The van der Waals surface area contributed by atoms with Gasteiger partial charge in [0.25, 0.3) is 0 Å². The zero-order valence-electron chi connectivity index (χ0n) is 15.5. The minimum atomic E-state index is 0.988. The lowest BCUT2D eigenvalue weighted by atomic mass is 9.65. The van der Waals surface area contributed by atoms with Gasteiger partial charge < -0.3 is 0 Å². The van der Waals surface area contributed by atoms with Crippen LogP contribution in [0.25, 0.3) is 0 Å². The maximum atomic E-state index is 3.88. The molecule has 3 aliphatic carbocycles. The summed E-state index contributed by atoms with van der Waals surface area (Å²) in [6.07, 6.45) is 22.4. The van der Waals surface area contributed by atoms with E-state index in [1.54, 1.807) is 0 Å². The predicted octanol–water partition coefficient (Wildman–Crippen LogP) is 7.31. The molecule has 0 atom stereocenters. The van der Waals surface area contributed by atoms with Crippen LogP contribution in [0.1, 0.15) is 96.8 Å². The molecule has 0 N–H and O–H groups in total. The quantitative estimate of drug-likeness (QED) is 0.467. The van der Waals surface area contributed by atoms with Crippen molar-refractivity contribution < 1.29 is 0 Å². The minimum Gasteiger partial charge on any atom is -0.103 e. The van der Waals surface area contributed by atoms with Gasteiger partial charge in [-0.25, -0.2) is 0 Å². The van der Waals surface area contributed by atoms with Gasteiger partial charge in [0.15, 0.2) is 0 Å². The van der Waals surface area contributed by atoms with Crippen molar-refractivity contribution in [2.24, 2.45) is 23.7 Å². The lowest BCUT2D eigenvalue weighted by molar-refractivity contribution is 0.239. The number of allylic oxidation sites excluding steroid dienone is 1. The molecular formula is C23H38. The summed E-state index contributed by atoms with van der Waals surface area (Å²) in [6, 6.07) is 0. The van der Waals surface area contributed by atoms with Crippen LogP contribution in [0.2, 0.25) is 0 Å². The van der Waals surface area contributed by atoms with E-state index in [0.717, 1.165) is 23.7 Å². The third kappa shape index (κ3) is 4.86. The van der Waals surface area contributed by atoms with E-state index in [9.17, 15) is 0 Å². The third-order valence-electron chi connectivity index (χ3n) is 7.32. The van der Waals surface area contributed by atoms with Crippen LogP contribution < -0.4 is 0 Å². The molecule has 0 heteroatoms. The minimum absolute atomic E-state index is 0.988. The Morgan fingerprint density at radius 2 is 1.30 bits per heavy atom. The molecule has 0 nitrogen and oxygen atoms in total. The summed E-state index contributed by atoms with van der Waals surface area (Å²) in [7, 11) is 0. The Hall–Kier alpha value is -0.260. The Balaban J connectivity index is 1.37. The molecule has 0 aromatic heterocycles. The monoisotopic (exact) mass is 314 g/mol. The summed E-state index contributed by atoms with van der Waals surface area (Å²) in [4.78, 5) is 0. The lowest BCUT2D eigenvalue weighted by Gasteiger charge is -2.40. The van der Waals surface area contributed by atoms with Gasteiger partial charge in [-0.05, 0) is 113 Å². The fourth-order valence-corrected chi connectivity index (χ4v) is 5.57. The first-order valence-corrected chi connectivity index (χ1v) is 10.6. The molecule has 2 radical (unpaired) electrons. The average molecular weight is 315 g/mol. The van der Waals surface area contributed by atoms with Crippen molar-refractivity contribution in [3.05, 3.63) is 24.5 Å². The first kappa shape index (κ1) is 17.6. The SMILES string of the molecule is C=CCCC1CC[C](C2CC[C](C3CCC(C)CC3)CC2)CC1. The molecule has 0 aromatic carbocycles. The van der Waals surface area contributed by atoms with Gasteiger partial charge in [-0.1, -0.05) is 25.8 Å². The molecule has 130 valence electrons. The van der Waals surface area contributed by atoms with Gasteiger partial charge in [-0.2, -0.15) is 0 Å². The highest BCUT2D eigenvalue weighted by molar-refractivity contribution is 5.08. The molecule has 3 fully saturated rings. The second-order valence-corrected chi connectivity index (χ2v) is 8.86. The summed E-state index contributed by atoms with van der Waals surface area (Å²) in [5.41, 5.74) is 0. The summed E-state index contributed by atoms with van der Waals surface area (Å²) in [5.74, 6) is 7.90. The fraction of sp³-hybridized carbons (Fsp3) is 0.826. The standard InChI is InChI=1S/C23H38/c1-3-4-5-19-8-12-21(13-9-19)23-16-14-22(15-17-23)20-10-6-18(2)7-11-20/h3,18-20,23H,1,4-17H2,2H3. The number of rotatable bonds is 5. The first-order chi connectivity index (χ1) is 11.3. The number of hydrogen-bond donors (Lipinski definition) is 0. The highest BCUT2D eigenvalue weighted by Crippen LogP contribution is 2.47. The Morgan fingerprint density at radius 3 is 1.87 bits per heavy atom. The van der Waals surface area contributed by atoms with Crippen LogP contribution >= 0.6 is 0 Å².